The molecular weight excluding hydrogens is 167 g/mol. The fourth-order valence-corrected chi connectivity index (χ4v) is 1.33. The van der Waals surface area contributed by atoms with Crippen LogP contribution >= 0.6 is 0 Å². The van der Waals surface area contributed by atoms with Crippen molar-refractivity contribution in [1.82, 2.24) is 0 Å². The van der Waals surface area contributed by atoms with Gasteiger partial charge in [-0.2, -0.15) is 0 Å². The Labute approximate surface area is 78.2 Å². The smallest absolute Gasteiger partial charge is 0.123 e. The highest BCUT2D eigenvalue weighted by Crippen LogP contribution is 2.27. The lowest BCUT2D eigenvalue weighted by Crippen LogP contribution is -2.23. The van der Waals surface area contributed by atoms with E-state index in [-0.39, 0.29) is 5.82 Å². The summed E-state index contributed by atoms with van der Waals surface area (Å²) in [5, 5.41) is 10.0. The summed E-state index contributed by atoms with van der Waals surface area (Å²) in [4.78, 5) is 0. The van der Waals surface area contributed by atoms with E-state index in [1.807, 2.05) is 13.8 Å². The first-order chi connectivity index (χ1) is 6.12. The lowest BCUT2D eigenvalue weighted by atomic mass is 9.89. The summed E-state index contributed by atoms with van der Waals surface area (Å²) in [5.74, 6) is -0.321. The van der Waals surface area contributed by atoms with E-state index < -0.39 is 5.60 Å². The van der Waals surface area contributed by atoms with E-state index in [2.05, 4.69) is 6.07 Å². The van der Waals surface area contributed by atoms with E-state index >= 15 is 0 Å². The molecule has 0 saturated carbocycles. The zero-order valence-electron chi connectivity index (χ0n) is 7.97. The van der Waals surface area contributed by atoms with Crippen molar-refractivity contribution in [2.75, 3.05) is 0 Å². The van der Waals surface area contributed by atoms with Crippen molar-refractivity contribution in [1.29, 1.82) is 0 Å². The summed E-state index contributed by atoms with van der Waals surface area (Å²) in [7, 11) is 0. The maximum absolute atomic E-state index is 12.6. The molecule has 1 N–H and O–H groups in total. The number of halogens is 1. The van der Waals surface area contributed by atoms with Crippen LogP contribution in [0.2, 0.25) is 0 Å². The van der Waals surface area contributed by atoms with Crippen molar-refractivity contribution >= 4 is 0 Å². The van der Waals surface area contributed by atoms with Crippen LogP contribution in [0.15, 0.2) is 18.2 Å². The van der Waals surface area contributed by atoms with Gasteiger partial charge in [0.15, 0.2) is 0 Å². The molecule has 1 rings (SSSR count). The molecule has 0 heterocycles. The van der Waals surface area contributed by atoms with Crippen LogP contribution < -0.4 is 0 Å². The summed E-state index contributed by atoms with van der Waals surface area (Å²) in [5.41, 5.74) is -0.188. The first kappa shape index (κ1) is 10.2. The lowest BCUT2D eigenvalue weighted by Gasteiger charge is -2.25. The first-order valence-electron chi connectivity index (χ1n) is 4.52. The second kappa shape index (κ2) is 3.88. The molecule has 0 saturated heterocycles. The SMILES string of the molecule is CCC(O)(CC)c1[c]cc(F)cc1. The van der Waals surface area contributed by atoms with Crippen LogP contribution in [-0.4, -0.2) is 5.11 Å². The Morgan fingerprint density at radius 1 is 1.38 bits per heavy atom. The average molecular weight is 181 g/mol. The van der Waals surface area contributed by atoms with Gasteiger partial charge < -0.3 is 5.11 Å². The van der Waals surface area contributed by atoms with Crippen molar-refractivity contribution in [2.24, 2.45) is 0 Å². The maximum Gasteiger partial charge on any atom is 0.123 e. The number of hydrogen-bond acceptors (Lipinski definition) is 1. The number of rotatable bonds is 3. The van der Waals surface area contributed by atoms with Crippen molar-refractivity contribution < 1.29 is 9.50 Å². The van der Waals surface area contributed by atoms with Crippen LogP contribution in [-0.2, 0) is 5.60 Å². The molecule has 0 atom stereocenters. The summed E-state index contributed by atoms with van der Waals surface area (Å²) in [6.07, 6.45) is 1.23. The Hall–Kier alpha value is -0.890. The van der Waals surface area contributed by atoms with Gasteiger partial charge in [-0.3, -0.25) is 0 Å². The molecule has 0 bridgehead atoms. The van der Waals surface area contributed by atoms with Gasteiger partial charge in [0.1, 0.15) is 5.82 Å². The van der Waals surface area contributed by atoms with Gasteiger partial charge >= 0.3 is 0 Å². The molecule has 0 fully saturated rings. The third-order valence-electron chi connectivity index (χ3n) is 2.45. The normalized spacial score (nSPS) is 11.7. The Balaban J connectivity index is 2.99. The summed E-state index contributed by atoms with van der Waals surface area (Å²) < 4.78 is 12.6. The van der Waals surface area contributed by atoms with Crippen LogP contribution in [0.1, 0.15) is 32.3 Å². The topological polar surface area (TPSA) is 20.2 Å². The van der Waals surface area contributed by atoms with E-state index in [0.29, 0.717) is 18.4 Å². The number of benzene rings is 1. The molecule has 0 aliphatic rings. The van der Waals surface area contributed by atoms with Crippen LogP contribution in [0.5, 0.6) is 0 Å². The number of hydrogen-bond donors (Lipinski definition) is 1. The van der Waals surface area contributed by atoms with E-state index in [9.17, 15) is 9.50 Å². The standard InChI is InChI=1S/C11H14FO/c1-3-11(13,4-2)9-5-7-10(12)8-6-9/h5,7-8,13H,3-4H2,1-2H3. The molecule has 2 heteroatoms. The minimum Gasteiger partial charge on any atom is -0.385 e. The third-order valence-corrected chi connectivity index (χ3v) is 2.45. The highest BCUT2D eigenvalue weighted by atomic mass is 19.1. The molecular formula is C11H14FO. The van der Waals surface area contributed by atoms with Gasteiger partial charge in [-0.1, -0.05) is 19.9 Å². The van der Waals surface area contributed by atoms with Gasteiger partial charge in [-0.05, 0) is 36.6 Å². The van der Waals surface area contributed by atoms with E-state index in [1.54, 1.807) is 6.07 Å². The molecule has 0 aromatic heterocycles. The molecule has 1 nitrogen and oxygen atoms in total. The van der Waals surface area contributed by atoms with Crippen molar-refractivity contribution in [3.05, 3.63) is 35.6 Å². The molecule has 71 valence electrons. The predicted octanol–water partition coefficient (Wildman–Crippen LogP) is 2.63. The van der Waals surface area contributed by atoms with Crippen LogP contribution in [0.4, 0.5) is 4.39 Å². The van der Waals surface area contributed by atoms with E-state index in [1.165, 1.54) is 12.1 Å². The van der Waals surface area contributed by atoms with E-state index in [0.717, 1.165) is 0 Å². The van der Waals surface area contributed by atoms with Gasteiger partial charge in [0, 0.05) is 0 Å². The first-order valence-corrected chi connectivity index (χ1v) is 4.52. The molecule has 0 aliphatic carbocycles. The fourth-order valence-electron chi connectivity index (χ4n) is 1.33. The van der Waals surface area contributed by atoms with Crippen LogP contribution in [0.3, 0.4) is 0 Å². The van der Waals surface area contributed by atoms with Gasteiger partial charge in [0.2, 0.25) is 0 Å². The van der Waals surface area contributed by atoms with E-state index in [4.69, 9.17) is 0 Å². The number of aliphatic hydroxyl groups is 1. The molecule has 1 aromatic rings. The highest BCUT2D eigenvalue weighted by Gasteiger charge is 2.24. The third kappa shape index (κ3) is 2.07. The Kier molecular flexibility index (Phi) is 3.04. The molecule has 0 unspecified atom stereocenters. The molecule has 0 aliphatic heterocycles. The minimum atomic E-state index is -0.853. The van der Waals surface area contributed by atoms with Crippen molar-refractivity contribution in [3.8, 4) is 0 Å². The monoisotopic (exact) mass is 181 g/mol. The fraction of sp³-hybridized carbons (Fsp3) is 0.455. The second-order valence-electron chi connectivity index (χ2n) is 3.16. The maximum atomic E-state index is 12.6. The predicted molar refractivity (Wildman–Crippen MR) is 49.7 cm³/mol. The largest absolute Gasteiger partial charge is 0.385 e. The minimum absolute atomic E-state index is 0.321. The molecule has 1 radical (unpaired) electrons. The molecule has 13 heavy (non-hydrogen) atoms. The Bertz CT molecular complexity index is 262. The Morgan fingerprint density at radius 2 is 2.00 bits per heavy atom. The zero-order valence-corrected chi connectivity index (χ0v) is 7.97. The van der Waals surface area contributed by atoms with Crippen LogP contribution in [0.25, 0.3) is 0 Å². The lowest BCUT2D eigenvalue weighted by molar-refractivity contribution is 0.0281. The van der Waals surface area contributed by atoms with Gasteiger partial charge in [-0.15, -0.1) is 0 Å². The highest BCUT2D eigenvalue weighted by molar-refractivity contribution is 5.21. The molecule has 1 aromatic carbocycles. The summed E-state index contributed by atoms with van der Waals surface area (Å²) >= 11 is 0. The van der Waals surface area contributed by atoms with Gasteiger partial charge in [0.25, 0.3) is 0 Å². The van der Waals surface area contributed by atoms with Crippen molar-refractivity contribution in [2.45, 2.75) is 32.3 Å². The molecule has 0 spiro atoms. The molecule has 0 amide bonds. The van der Waals surface area contributed by atoms with Crippen LogP contribution in [0, 0.1) is 11.9 Å². The second-order valence-corrected chi connectivity index (χ2v) is 3.16. The van der Waals surface area contributed by atoms with Gasteiger partial charge in [-0.25, -0.2) is 4.39 Å². The van der Waals surface area contributed by atoms with Gasteiger partial charge in [0.05, 0.1) is 5.60 Å². The summed E-state index contributed by atoms with van der Waals surface area (Å²) in [6, 6.07) is 6.94. The Morgan fingerprint density at radius 3 is 2.38 bits per heavy atom. The quantitative estimate of drug-likeness (QED) is 0.760. The average Bonchev–Trinajstić information content (AvgIpc) is 2.18. The van der Waals surface area contributed by atoms with Crippen molar-refractivity contribution in [3.63, 3.8) is 0 Å². The zero-order chi connectivity index (χ0) is 9.90. The summed E-state index contributed by atoms with van der Waals surface area (Å²) in [6.45, 7) is 3.81.